The smallest absolute Gasteiger partial charge is 0.257 e. The Morgan fingerprint density at radius 1 is 1.17 bits per heavy atom. The number of sulfonamides is 1. The maximum absolute atomic E-state index is 13.3. The second kappa shape index (κ2) is 12.7. The van der Waals surface area contributed by atoms with Gasteiger partial charge in [-0.2, -0.15) is 0 Å². The molecule has 1 aromatic carbocycles. The van der Waals surface area contributed by atoms with Crippen LogP contribution in [-0.4, -0.2) is 82.6 Å². The molecule has 0 aromatic heterocycles. The van der Waals surface area contributed by atoms with Crippen LogP contribution in [0.25, 0.3) is 0 Å². The molecule has 0 bridgehead atoms. The fourth-order valence-corrected chi connectivity index (χ4v) is 5.63. The average Bonchev–Trinajstić information content (AvgIpc) is 2.84. The third-order valence-electron chi connectivity index (χ3n) is 6.61. The molecule has 0 spiro atoms. The number of likely N-dealkylation sites (N-methyl/N-ethyl adjacent to an activating group) is 1. The van der Waals surface area contributed by atoms with Crippen molar-refractivity contribution in [3.63, 3.8) is 0 Å². The molecule has 0 radical (unpaired) electrons. The van der Waals surface area contributed by atoms with Crippen molar-refractivity contribution in [2.24, 2.45) is 11.8 Å². The summed E-state index contributed by atoms with van der Waals surface area (Å²) in [6.45, 7) is 8.26. The van der Waals surface area contributed by atoms with Crippen LogP contribution in [0.15, 0.2) is 35.2 Å². The van der Waals surface area contributed by atoms with Gasteiger partial charge >= 0.3 is 0 Å². The van der Waals surface area contributed by atoms with E-state index in [9.17, 15) is 18.0 Å². The molecule has 9 nitrogen and oxygen atoms in total. The van der Waals surface area contributed by atoms with Gasteiger partial charge in [0.1, 0.15) is 12.4 Å². The van der Waals surface area contributed by atoms with Gasteiger partial charge in [-0.25, -0.2) is 13.1 Å². The van der Waals surface area contributed by atoms with Gasteiger partial charge in [-0.15, -0.1) is 0 Å². The first-order chi connectivity index (χ1) is 17.1. The summed E-state index contributed by atoms with van der Waals surface area (Å²) >= 11 is 0. The van der Waals surface area contributed by atoms with Gasteiger partial charge in [-0.05, 0) is 49.3 Å². The van der Waals surface area contributed by atoms with Crippen LogP contribution in [0.2, 0.25) is 0 Å². The third-order valence-corrected chi connectivity index (χ3v) is 8.03. The van der Waals surface area contributed by atoms with Crippen molar-refractivity contribution in [1.29, 1.82) is 0 Å². The van der Waals surface area contributed by atoms with Gasteiger partial charge < -0.3 is 19.3 Å². The lowest BCUT2D eigenvalue weighted by Gasteiger charge is -2.32. The molecule has 1 fully saturated rings. The summed E-state index contributed by atoms with van der Waals surface area (Å²) in [5.74, 6) is 0.479. The monoisotopic (exact) mass is 521 g/mol. The zero-order valence-electron chi connectivity index (χ0n) is 21.7. The van der Waals surface area contributed by atoms with Crippen LogP contribution in [-0.2, 0) is 19.6 Å². The van der Waals surface area contributed by atoms with E-state index < -0.39 is 10.0 Å². The summed E-state index contributed by atoms with van der Waals surface area (Å²) in [5, 5.41) is 0. The van der Waals surface area contributed by atoms with Crippen molar-refractivity contribution in [1.82, 2.24) is 14.5 Å². The highest BCUT2D eigenvalue weighted by molar-refractivity contribution is 7.89. The lowest BCUT2D eigenvalue weighted by Crippen LogP contribution is -2.44. The Kier molecular flexibility index (Phi) is 9.92. The number of hydrogen-bond acceptors (Lipinski definition) is 6. The molecule has 0 aliphatic carbocycles. The van der Waals surface area contributed by atoms with Crippen LogP contribution in [0.1, 0.15) is 50.4 Å². The number of nitrogens with one attached hydrogen (secondary N) is 1. The number of benzene rings is 1. The van der Waals surface area contributed by atoms with E-state index in [0.717, 1.165) is 19.3 Å². The van der Waals surface area contributed by atoms with Crippen molar-refractivity contribution in [3.05, 3.63) is 35.9 Å². The van der Waals surface area contributed by atoms with Crippen molar-refractivity contribution in [3.8, 4) is 5.75 Å². The fraction of sp³-hybridized carbons (Fsp3) is 0.615. The number of nitrogens with zero attached hydrogens (tertiary/aromatic N) is 2. The van der Waals surface area contributed by atoms with Gasteiger partial charge in [0, 0.05) is 46.8 Å². The molecule has 1 aromatic rings. The Balaban J connectivity index is 1.90. The van der Waals surface area contributed by atoms with Gasteiger partial charge in [0.2, 0.25) is 15.9 Å². The fourth-order valence-electron chi connectivity index (χ4n) is 4.49. The number of carbonyl (C=O) groups excluding carboxylic acids is 2. The second-order valence-electron chi connectivity index (χ2n) is 9.99. The highest BCUT2D eigenvalue weighted by Gasteiger charge is 2.26. The van der Waals surface area contributed by atoms with Crippen LogP contribution in [0.5, 0.6) is 5.75 Å². The normalized spacial score (nSPS) is 20.5. The van der Waals surface area contributed by atoms with Crippen LogP contribution >= 0.6 is 0 Å². The summed E-state index contributed by atoms with van der Waals surface area (Å²) < 4.78 is 40.2. The molecule has 2 heterocycles. The minimum Gasteiger partial charge on any atom is -0.491 e. The first-order valence-corrected chi connectivity index (χ1v) is 14.1. The van der Waals surface area contributed by atoms with Crippen molar-refractivity contribution < 1.29 is 27.5 Å². The molecular formula is C26H39N3O6S. The number of fused-ring (bicyclic) bond motifs is 1. The maximum atomic E-state index is 13.3. The predicted octanol–water partition coefficient (Wildman–Crippen LogP) is 2.68. The lowest BCUT2D eigenvalue weighted by molar-refractivity contribution is -0.131. The van der Waals surface area contributed by atoms with E-state index in [1.165, 1.54) is 23.1 Å². The molecule has 200 valence electrons. The molecule has 0 unspecified atom stereocenters. The quantitative estimate of drug-likeness (QED) is 0.577. The van der Waals surface area contributed by atoms with Crippen molar-refractivity contribution in [2.75, 3.05) is 46.5 Å². The zero-order chi connectivity index (χ0) is 26.3. The first kappa shape index (κ1) is 28.1. The van der Waals surface area contributed by atoms with E-state index >= 15 is 0 Å². The number of rotatable bonds is 6. The number of amides is 2. The Hall–Kier alpha value is -2.43. The second-order valence-corrected chi connectivity index (χ2v) is 11.8. The Bertz CT molecular complexity index is 1050. The minimum absolute atomic E-state index is 0.0189. The SMILES string of the molecule is CC(=O)N1CC=CCN(C)C(=O)c2cc(S(=O)(=O)NCC3CCOCC3)ccc2OC[C@H]1CC(C)C. The Morgan fingerprint density at radius 2 is 1.86 bits per heavy atom. The molecule has 1 saturated heterocycles. The molecule has 0 saturated carbocycles. The predicted molar refractivity (Wildman–Crippen MR) is 137 cm³/mol. The van der Waals surface area contributed by atoms with E-state index in [0.29, 0.717) is 44.5 Å². The van der Waals surface area contributed by atoms with Crippen molar-refractivity contribution >= 4 is 21.8 Å². The summed E-state index contributed by atoms with van der Waals surface area (Å²) in [6.07, 6.45) is 6.08. The summed E-state index contributed by atoms with van der Waals surface area (Å²) in [6, 6.07) is 4.20. The van der Waals surface area contributed by atoms with Crippen LogP contribution in [0, 0.1) is 11.8 Å². The van der Waals surface area contributed by atoms with Gasteiger partial charge in [0.05, 0.1) is 16.5 Å². The van der Waals surface area contributed by atoms with E-state index in [4.69, 9.17) is 9.47 Å². The van der Waals surface area contributed by atoms with Crippen molar-refractivity contribution in [2.45, 2.75) is 51.0 Å². The van der Waals surface area contributed by atoms with E-state index in [2.05, 4.69) is 18.6 Å². The number of carbonyl (C=O) groups is 2. The van der Waals surface area contributed by atoms with Crippen LogP contribution in [0.3, 0.4) is 0 Å². The topological polar surface area (TPSA) is 105 Å². The maximum Gasteiger partial charge on any atom is 0.257 e. The molecule has 2 aliphatic heterocycles. The molecule has 10 heteroatoms. The Labute approximate surface area is 214 Å². The molecule has 2 aliphatic rings. The molecule has 1 N–H and O–H groups in total. The first-order valence-electron chi connectivity index (χ1n) is 12.6. The molecule has 36 heavy (non-hydrogen) atoms. The van der Waals surface area contributed by atoms with Gasteiger partial charge in [0.25, 0.3) is 5.91 Å². The molecule has 2 amide bonds. The summed E-state index contributed by atoms with van der Waals surface area (Å²) in [4.78, 5) is 29.0. The van der Waals surface area contributed by atoms with Gasteiger partial charge in [0.15, 0.2) is 0 Å². The minimum atomic E-state index is -3.82. The van der Waals surface area contributed by atoms with E-state index in [-0.39, 0.29) is 40.8 Å². The van der Waals surface area contributed by atoms with E-state index in [1.807, 2.05) is 12.2 Å². The molecule has 1 atom stereocenters. The van der Waals surface area contributed by atoms with Crippen LogP contribution < -0.4 is 9.46 Å². The zero-order valence-corrected chi connectivity index (χ0v) is 22.6. The third kappa shape index (κ3) is 7.54. The molecular weight excluding hydrogens is 482 g/mol. The Morgan fingerprint density at radius 3 is 2.53 bits per heavy atom. The van der Waals surface area contributed by atoms with E-state index in [1.54, 1.807) is 18.9 Å². The van der Waals surface area contributed by atoms with Crippen LogP contribution in [0.4, 0.5) is 0 Å². The average molecular weight is 522 g/mol. The summed E-state index contributed by atoms with van der Waals surface area (Å²) in [5.41, 5.74) is 0.179. The number of hydrogen-bond donors (Lipinski definition) is 1. The standard InChI is InChI=1S/C26H39N3O6S/c1-19(2)15-22-18-35-25-8-7-23(36(32,33)27-17-21-9-13-34-14-10-21)16-24(25)26(31)28(4)11-5-6-12-29(22)20(3)30/h5-8,16,19,21-22,27H,9-15,17-18H2,1-4H3/t22-/m1/s1. The highest BCUT2D eigenvalue weighted by Crippen LogP contribution is 2.26. The summed E-state index contributed by atoms with van der Waals surface area (Å²) in [7, 11) is -2.17. The lowest BCUT2D eigenvalue weighted by atomic mass is 10.0. The number of ether oxygens (including phenoxy) is 2. The van der Waals surface area contributed by atoms with Gasteiger partial charge in [-0.1, -0.05) is 26.0 Å². The molecule has 3 rings (SSSR count). The highest BCUT2D eigenvalue weighted by atomic mass is 32.2. The largest absolute Gasteiger partial charge is 0.491 e. The van der Waals surface area contributed by atoms with Gasteiger partial charge in [-0.3, -0.25) is 9.59 Å².